The van der Waals surface area contributed by atoms with Gasteiger partial charge in [-0.3, -0.25) is 9.59 Å². The smallest absolute Gasteiger partial charge is 0.314 e. The Hall–Kier alpha value is -3.27. The molecule has 0 fully saturated rings. The number of nitrogens with zero attached hydrogens (tertiary/aromatic N) is 2. The number of aliphatic hydroxyl groups is 1. The van der Waals surface area contributed by atoms with Gasteiger partial charge in [-0.15, -0.1) is 0 Å². The molecule has 0 saturated heterocycles. The zero-order valence-electron chi connectivity index (χ0n) is 21.1. The monoisotopic (exact) mass is 528 g/mol. The predicted octanol–water partition coefficient (Wildman–Crippen LogP) is 3.82. The van der Waals surface area contributed by atoms with Gasteiger partial charge in [0, 0.05) is 24.3 Å². The van der Waals surface area contributed by atoms with E-state index in [1.165, 1.54) is 6.20 Å². The summed E-state index contributed by atoms with van der Waals surface area (Å²) < 4.78 is 11.0. The lowest BCUT2D eigenvalue weighted by molar-refractivity contribution is -0.159. The average Bonchev–Trinajstić information content (AvgIpc) is 3.43. The number of esters is 1. The number of ether oxygens (including phenoxy) is 2. The van der Waals surface area contributed by atoms with Crippen molar-refractivity contribution in [3.05, 3.63) is 71.0 Å². The van der Waals surface area contributed by atoms with Crippen LogP contribution in [0.25, 0.3) is 11.1 Å². The first-order valence-corrected chi connectivity index (χ1v) is 12.6. The molecular formula is C27H33ClN4O5. The molecule has 0 radical (unpaired) electrons. The fraction of sp³-hybridized carbons (Fsp3) is 0.407. The van der Waals surface area contributed by atoms with Crippen LogP contribution in [-0.4, -0.2) is 64.9 Å². The van der Waals surface area contributed by atoms with Gasteiger partial charge in [-0.1, -0.05) is 48.0 Å². The van der Waals surface area contributed by atoms with Gasteiger partial charge in [0.1, 0.15) is 0 Å². The van der Waals surface area contributed by atoms with Crippen LogP contribution in [-0.2, 0) is 20.7 Å². The van der Waals surface area contributed by atoms with Crippen molar-refractivity contribution in [3.63, 3.8) is 0 Å². The highest BCUT2D eigenvalue weighted by Crippen LogP contribution is 2.29. The second-order valence-corrected chi connectivity index (χ2v) is 9.49. The molecule has 1 aromatic heterocycles. The van der Waals surface area contributed by atoms with E-state index in [0.717, 1.165) is 16.7 Å². The molecule has 37 heavy (non-hydrogen) atoms. The molecule has 9 nitrogen and oxygen atoms in total. The first-order chi connectivity index (χ1) is 17.8. The number of benzene rings is 2. The number of H-pyrrole nitrogens is 1. The Morgan fingerprint density at radius 3 is 2.62 bits per heavy atom. The second-order valence-electron chi connectivity index (χ2n) is 9.05. The van der Waals surface area contributed by atoms with Crippen LogP contribution in [0.5, 0.6) is 0 Å². The molecule has 3 N–H and O–H groups in total. The van der Waals surface area contributed by atoms with Crippen LogP contribution in [0, 0.1) is 5.41 Å². The number of halogens is 1. The number of aromatic nitrogens is 3. The lowest BCUT2D eigenvalue weighted by Gasteiger charge is -2.31. The van der Waals surface area contributed by atoms with Crippen LogP contribution in [0.2, 0.25) is 5.02 Å². The minimum absolute atomic E-state index is 0.00230. The molecule has 2 aromatic carbocycles. The second kappa shape index (κ2) is 13.9. The molecule has 2 unspecified atom stereocenters. The van der Waals surface area contributed by atoms with Gasteiger partial charge >= 0.3 is 5.97 Å². The summed E-state index contributed by atoms with van der Waals surface area (Å²) in [6.07, 6.45) is 2.54. The lowest BCUT2D eigenvalue weighted by Crippen LogP contribution is -2.45. The van der Waals surface area contributed by atoms with E-state index in [-0.39, 0.29) is 31.9 Å². The third-order valence-electron chi connectivity index (χ3n) is 5.91. The summed E-state index contributed by atoms with van der Waals surface area (Å²) in [5.41, 5.74) is 2.13. The Bertz CT molecular complexity index is 1140. The van der Waals surface area contributed by atoms with E-state index >= 15 is 0 Å². The van der Waals surface area contributed by atoms with E-state index in [1.54, 1.807) is 13.8 Å². The number of rotatable bonds is 14. The highest BCUT2D eigenvalue weighted by atomic mass is 35.5. The van der Waals surface area contributed by atoms with Gasteiger partial charge in [-0.25, -0.2) is 0 Å². The number of hydrogen-bond acceptors (Lipinski definition) is 7. The predicted molar refractivity (Wildman–Crippen MR) is 140 cm³/mol. The van der Waals surface area contributed by atoms with Gasteiger partial charge in [-0.05, 0) is 61.9 Å². The molecule has 0 spiro atoms. The highest BCUT2D eigenvalue weighted by molar-refractivity contribution is 6.30. The number of aromatic amines is 1. The zero-order valence-corrected chi connectivity index (χ0v) is 21.8. The first kappa shape index (κ1) is 28.3. The van der Waals surface area contributed by atoms with Crippen LogP contribution in [0.15, 0.2) is 54.7 Å². The number of amides is 1. The molecule has 2 atom stereocenters. The van der Waals surface area contributed by atoms with Gasteiger partial charge in [0.25, 0.3) is 5.91 Å². The largest absolute Gasteiger partial charge is 0.466 e. The number of aliphatic hydroxyl groups excluding tert-OH is 1. The number of hydrogen-bond donors (Lipinski definition) is 3. The molecule has 10 heteroatoms. The van der Waals surface area contributed by atoms with Crippen molar-refractivity contribution in [2.75, 3.05) is 26.4 Å². The minimum atomic E-state index is -1.02. The molecule has 0 aliphatic rings. The molecular weight excluding hydrogens is 496 g/mol. The maximum absolute atomic E-state index is 13.0. The van der Waals surface area contributed by atoms with E-state index in [1.807, 2.05) is 48.5 Å². The van der Waals surface area contributed by atoms with Crippen molar-refractivity contribution in [2.45, 2.75) is 39.2 Å². The Morgan fingerprint density at radius 2 is 1.97 bits per heavy atom. The molecule has 3 rings (SSSR count). The Balaban J connectivity index is 1.81. The fourth-order valence-corrected chi connectivity index (χ4v) is 4.24. The van der Waals surface area contributed by atoms with E-state index in [2.05, 4.69) is 20.7 Å². The topological polar surface area (TPSA) is 126 Å². The normalized spacial score (nSPS) is 13.5. The lowest BCUT2D eigenvalue weighted by atomic mass is 9.82. The molecule has 0 aliphatic carbocycles. The Kier molecular flexibility index (Phi) is 10.6. The Labute approximate surface area is 221 Å². The molecule has 0 aliphatic heterocycles. The van der Waals surface area contributed by atoms with Crippen LogP contribution in [0.3, 0.4) is 0 Å². The zero-order chi connectivity index (χ0) is 26.7. The van der Waals surface area contributed by atoms with Gasteiger partial charge in [-0.2, -0.15) is 15.4 Å². The molecule has 198 valence electrons. The fourth-order valence-electron chi connectivity index (χ4n) is 4.04. The van der Waals surface area contributed by atoms with Crippen molar-refractivity contribution < 1.29 is 24.2 Å². The average molecular weight is 529 g/mol. The third kappa shape index (κ3) is 8.38. The molecule has 1 heterocycles. The van der Waals surface area contributed by atoms with E-state index in [0.29, 0.717) is 24.5 Å². The standard InChI is InChI=1S/C27H33ClN4O5/c1-3-37-26(35)27(2,18-36-13-5-12-33)16-23(30-25(34)24-17-29-32-31-24)14-19-8-10-20(11-9-19)21-6-4-7-22(28)15-21/h4,6-11,15,17,23,33H,3,5,12-14,16,18H2,1-2H3,(H,30,34)(H,29,31,32). The summed E-state index contributed by atoms with van der Waals surface area (Å²) in [6, 6.07) is 15.2. The number of nitrogens with one attached hydrogen (secondary N) is 2. The minimum Gasteiger partial charge on any atom is -0.466 e. The maximum Gasteiger partial charge on any atom is 0.314 e. The van der Waals surface area contributed by atoms with Crippen LogP contribution < -0.4 is 5.32 Å². The molecule has 0 saturated carbocycles. The van der Waals surface area contributed by atoms with Crippen molar-refractivity contribution in [2.24, 2.45) is 5.41 Å². The van der Waals surface area contributed by atoms with Gasteiger partial charge in [0.2, 0.25) is 0 Å². The van der Waals surface area contributed by atoms with Crippen molar-refractivity contribution in [1.82, 2.24) is 20.7 Å². The maximum atomic E-state index is 13.0. The SMILES string of the molecule is CCOC(=O)C(C)(COCCCO)CC(Cc1ccc(-c2cccc(Cl)c2)cc1)NC(=O)c1cn[nH]n1. The summed E-state index contributed by atoms with van der Waals surface area (Å²) in [5.74, 6) is -0.808. The van der Waals surface area contributed by atoms with E-state index in [4.69, 9.17) is 26.2 Å². The number of carbonyl (C=O) groups is 2. The van der Waals surface area contributed by atoms with Gasteiger partial charge in [0.05, 0.1) is 24.8 Å². The van der Waals surface area contributed by atoms with Crippen LogP contribution >= 0.6 is 11.6 Å². The van der Waals surface area contributed by atoms with E-state index in [9.17, 15) is 9.59 Å². The van der Waals surface area contributed by atoms with Gasteiger partial charge < -0.3 is 19.9 Å². The summed E-state index contributed by atoms with van der Waals surface area (Å²) in [4.78, 5) is 25.8. The van der Waals surface area contributed by atoms with Gasteiger partial charge in [0.15, 0.2) is 5.69 Å². The van der Waals surface area contributed by atoms with Crippen molar-refractivity contribution >= 4 is 23.5 Å². The van der Waals surface area contributed by atoms with E-state index < -0.39 is 23.3 Å². The number of carbonyl (C=O) groups excluding carboxylic acids is 2. The molecule has 1 amide bonds. The van der Waals surface area contributed by atoms with Crippen molar-refractivity contribution in [3.8, 4) is 11.1 Å². The molecule has 0 bridgehead atoms. The summed E-state index contributed by atoms with van der Waals surface area (Å²) in [7, 11) is 0. The van der Waals surface area contributed by atoms with Crippen LogP contribution in [0.1, 0.15) is 42.7 Å². The Morgan fingerprint density at radius 1 is 1.19 bits per heavy atom. The quantitative estimate of drug-likeness (QED) is 0.214. The molecule has 3 aromatic rings. The third-order valence-corrected chi connectivity index (χ3v) is 6.14. The highest BCUT2D eigenvalue weighted by Gasteiger charge is 2.38. The summed E-state index contributed by atoms with van der Waals surface area (Å²) in [6.45, 7) is 4.14. The summed E-state index contributed by atoms with van der Waals surface area (Å²) in [5, 5.41) is 22.7. The summed E-state index contributed by atoms with van der Waals surface area (Å²) >= 11 is 6.14. The first-order valence-electron chi connectivity index (χ1n) is 12.2. The van der Waals surface area contributed by atoms with Crippen molar-refractivity contribution in [1.29, 1.82) is 0 Å². The van der Waals surface area contributed by atoms with Crippen LogP contribution in [0.4, 0.5) is 0 Å².